The lowest BCUT2D eigenvalue weighted by Gasteiger charge is -2.33. The van der Waals surface area contributed by atoms with Crippen molar-refractivity contribution in [3.8, 4) is 0 Å². The first kappa shape index (κ1) is 14.6. The monoisotopic (exact) mass is 294 g/mol. The van der Waals surface area contributed by atoms with Gasteiger partial charge in [0.05, 0.1) is 11.5 Å². The summed E-state index contributed by atoms with van der Waals surface area (Å²) in [6, 6.07) is -0.727. The lowest BCUT2D eigenvalue weighted by Crippen LogP contribution is -2.58. The van der Waals surface area contributed by atoms with E-state index in [1.165, 1.54) is 11.8 Å². The van der Waals surface area contributed by atoms with Gasteiger partial charge in [-0.25, -0.2) is 4.98 Å². The molecule has 1 aromatic rings. The summed E-state index contributed by atoms with van der Waals surface area (Å²) in [6.07, 6.45) is 0.360. The molecule has 2 rings (SSSR count). The van der Waals surface area contributed by atoms with Crippen molar-refractivity contribution in [2.75, 3.05) is 17.2 Å². The summed E-state index contributed by atoms with van der Waals surface area (Å²) < 4.78 is 0. The van der Waals surface area contributed by atoms with E-state index < -0.39 is 22.8 Å². The van der Waals surface area contributed by atoms with Gasteiger partial charge in [-0.05, 0) is 13.3 Å². The number of carbonyl (C=O) groups is 2. The normalized spacial score (nSPS) is 18.6. The highest BCUT2D eigenvalue weighted by Gasteiger charge is 2.38. The molecule has 21 heavy (non-hydrogen) atoms. The maximum absolute atomic E-state index is 11.9. The summed E-state index contributed by atoms with van der Waals surface area (Å²) in [5, 5.41) is 13.4. The van der Waals surface area contributed by atoms with Gasteiger partial charge in [-0.1, -0.05) is 6.92 Å². The predicted molar refractivity (Wildman–Crippen MR) is 72.4 cm³/mol. The first-order valence-corrected chi connectivity index (χ1v) is 6.24. The SMILES string of the molecule is CCC1C(=O)NC(=O)CN1c1nc(N)nc(C)c1[N+](=O)[O-]. The lowest BCUT2D eigenvalue weighted by molar-refractivity contribution is -0.385. The highest BCUT2D eigenvalue weighted by Crippen LogP contribution is 2.31. The molecule has 2 amide bonds. The molecule has 1 aliphatic heterocycles. The number of hydrogen-bond donors (Lipinski definition) is 2. The second-order valence-corrected chi connectivity index (χ2v) is 4.56. The Labute approximate surface area is 119 Å². The fourth-order valence-electron chi connectivity index (χ4n) is 2.28. The Morgan fingerprint density at radius 1 is 1.48 bits per heavy atom. The molecule has 1 fully saturated rings. The number of nitro groups is 1. The van der Waals surface area contributed by atoms with Gasteiger partial charge in [-0.3, -0.25) is 25.0 Å². The van der Waals surface area contributed by atoms with Gasteiger partial charge in [0, 0.05) is 0 Å². The van der Waals surface area contributed by atoms with E-state index in [9.17, 15) is 19.7 Å². The Morgan fingerprint density at radius 3 is 2.71 bits per heavy atom. The quantitative estimate of drug-likeness (QED) is 0.432. The van der Waals surface area contributed by atoms with Crippen LogP contribution >= 0.6 is 0 Å². The fraction of sp³-hybridized carbons (Fsp3) is 0.455. The standard InChI is InChI=1S/C11H14N6O4/c1-3-6-10(19)14-7(18)4-16(6)9-8(17(20)21)5(2)13-11(12)15-9/h6H,3-4H2,1-2H3,(H2,12,13,15)(H,14,18,19). The smallest absolute Gasteiger partial charge is 0.332 e. The zero-order valence-corrected chi connectivity index (χ0v) is 11.5. The topological polar surface area (TPSA) is 144 Å². The minimum absolute atomic E-state index is 0.0794. The zero-order chi connectivity index (χ0) is 15.7. The molecule has 1 unspecified atom stereocenters. The molecule has 0 aliphatic carbocycles. The second-order valence-electron chi connectivity index (χ2n) is 4.56. The molecule has 2 heterocycles. The van der Waals surface area contributed by atoms with Crippen LogP contribution in [0.4, 0.5) is 17.5 Å². The number of nitrogen functional groups attached to an aromatic ring is 1. The molecule has 3 N–H and O–H groups in total. The van der Waals surface area contributed by atoms with Crippen molar-refractivity contribution in [3.63, 3.8) is 0 Å². The minimum Gasteiger partial charge on any atom is -0.368 e. The van der Waals surface area contributed by atoms with Gasteiger partial charge in [0.2, 0.25) is 23.6 Å². The van der Waals surface area contributed by atoms with E-state index >= 15 is 0 Å². The van der Waals surface area contributed by atoms with E-state index in [-0.39, 0.29) is 29.7 Å². The molecule has 10 heteroatoms. The van der Waals surface area contributed by atoms with Crippen LogP contribution in [0.15, 0.2) is 0 Å². The van der Waals surface area contributed by atoms with Crippen molar-refractivity contribution in [2.45, 2.75) is 26.3 Å². The number of carbonyl (C=O) groups excluding carboxylic acids is 2. The summed E-state index contributed by atoms with van der Waals surface area (Å²) >= 11 is 0. The van der Waals surface area contributed by atoms with Gasteiger partial charge >= 0.3 is 5.69 Å². The van der Waals surface area contributed by atoms with Crippen LogP contribution in [0.5, 0.6) is 0 Å². The summed E-state index contributed by atoms with van der Waals surface area (Å²) in [5.41, 5.74) is 5.26. The Kier molecular flexibility index (Phi) is 3.70. The maximum Gasteiger partial charge on any atom is 0.332 e. The van der Waals surface area contributed by atoms with E-state index in [4.69, 9.17) is 5.73 Å². The molecule has 112 valence electrons. The number of rotatable bonds is 3. The third-order valence-corrected chi connectivity index (χ3v) is 3.15. The molecule has 10 nitrogen and oxygen atoms in total. The van der Waals surface area contributed by atoms with Crippen molar-refractivity contribution in [3.05, 3.63) is 15.8 Å². The number of hydrogen-bond acceptors (Lipinski definition) is 8. The number of piperazine rings is 1. The molecule has 0 spiro atoms. The first-order valence-electron chi connectivity index (χ1n) is 6.24. The number of imide groups is 1. The molecular formula is C11H14N6O4. The molecule has 0 saturated carbocycles. The second kappa shape index (κ2) is 5.31. The highest BCUT2D eigenvalue weighted by molar-refractivity contribution is 6.04. The van der Waals surface area contributed by atoms with Gasteiger partial charge in [0.1, 0.15) is 11.7 Å². The van der Waals surface area contributed by atoms with Crippen LogP contribution in [0.1, 0.15) is 19.0 Å². The van der Waals surface area contributed by atoms with E-state index in [1.807, 2.05) is 0 Å². The zero-order valence-electron chi connectivity index (χ0n) is 11.5. The van der Waals surface area contributed by atoms with Crippen molar-refractivity contribution in [1.82, 2.24) is 15.3 Å². The Balaban J connectivity index is 2.60. The summed E-state index contributed by atoms with van der Waals surface area (Å²) in [5.74, 6) is -1.33. The van der Waals surface area contributed by atoms with Crippen LogP contribution in [0, 0.1) is 17.0 Å². The van der Waals surface area contributed by atoms with Crippen LogP contribution in [0.2, 0.25) is 0 Å². The molecule has 0 radical (unpaired) electrons. The van der Waals surface area contributed by atoms with Gasteiger partial charge in [0.15, 0.2) is 0 Å². The fourth-order valence-corrected chi connectivity index (χ4v) is 2.28. The van der Waals surface area contributed by atoms with Gasteiger partial charge < -0.3 is 10.6 Å². The summed E-state index contributed by atoms with van der Waals surface area (Å²) in [4.78, 5) is 42.9. The molecular weight excluding hydrogens is 280 g/mol. The summed E-state index contributed by atoms with van der Waals surface area (Å²) in [7, 11) is 0. The van der Waals surface area contributed by atoms with Crippen molar-refractivity contribution >= 4 is 29.3 Å². The van der Waals surface area contributed by atoms with E-state index in [0.717, 1.165) is 0 Å². The van der Waals surface area contributed by atoms with Gasteiger partial charge in [-0.15, -0.1) is 0 Å². The largest absolute Gasteiger partial charge is 0.368 e. The average molecular weight is 294 g/mol. The van der Waals surface area contributed by atoms with Crippen LogP contribution in [0.3, 0.4) is 0 Å². The molecule has 0 aromatic carbocycles. The third kappa shape index (κ3) is 2.59. The van der Waals surface area contributed by atoms with Crippen molar-refractivity contribution in [2.24, 2.45) is 0 Å². The molecule has 1 aromatic heterocycles. The van der Waals surface area contributed by atoms with Crippen LogP contribution in [-0.2, 0) is 9.59 Å². The number of aryl methyl sites for hydroxylation is 1. The molecule has 1 aliphatic rings. The van der Waals surface area contributed by atoms with Crippen molar-refractivity contribution in [1.29, 1.82) is 0 Å². The molecule has 1 saturated heterocycles. The van der Waals surface area contributed by atoms with E-state index in [0.29, 0.717) is 6.42 Å². The third-order valence-electron chi connectivity index (χ3n) is 3.15. The lowest BCUT2D eigenvalue weighted by atomic mass is 10.1. The van der Waals surface area contributed by atoms with Gasteiger partial charge in [0.25, 0.3) is 0 Å². The Morgan fingerprint density at radius 2 is 2.14 bits per heavy atom. The number of aromatic nitrogens is 2. The van der Waals surface area contributed by atoms with E-state index in [1.54, 1.807) is 6.92 Å². The van der Waals surface area contributed by atoms with Crippen molar-refractivity contribution < 1.29 is 14.5 Å². The molecule has 1 atom stereocenters. The number of nitrogens with one attached hydrogen (secondary N) is 1. The highest BCUT2D eigenvalue weighted by atomic mass is 16.6. The molecule has 0 bridgehead atoms. The maximum atomic E-state index is 11.9. The van der Waals surface area contributed by atoms with Crippen LogP contribution < -0.4 is 16.0 Å². The Bertz CT molecular complexity index is 631. The Hall–Kier alpha value is -2.78. The van der Waals surface area contributed by atoms with Gasteiger partial charge in [-0.2, -0.15) is 4.98 Å². The average Bonchev–Trinajstić information content (AvgIpc) is 2.36. The summed E-state index contributed by atoms with van der Waals surface area (Å²) in [6.45, 7) is 2.95. The number of anilines is 2. The predicted octanol–water partition coefficient (Wildman–Crippen LogP) is -0.483. The number of amides is 2. The first-order chi connectivity index (χ1) is 9.85. The number of nitrogens with two attached hydrogens (primary N) is 1. The van der Waals surface area contributed by atoms with E-state index in [2.05, 4.69) is 15.3 Å². The minimum atomic E-state index is -0.727. The van der Waals surface area contributed by atoms with Crippen LogP contribution in [0.25, 0.3) is 0 Å². The number of nitrogens with zero attached hydrogens (tertiary/aromatic N) is 4. The van der Waals surface area contributed by atoms with Crippen LogP contribution in [-0.4, -0.2) is 39.3 Å².